The van der Waals surface area contributed by atoms with Crippen LogP contribution in [0.4, 0.5) is 17.1 Å². The van der Waals surface area contributed by atoms with Crippen LogP contribution in [0.1, 0.15) is 12.0 Å². The second-order valence-corrected chi connectivity index (χ2v) is 6.39. The standard InChI is InChI=1S/C20H16N6O4/c21-10-16-8-17(14-24(13-16)12-15-4-2-1-3-5-15)11-22-23-19-7-6-18(25(27)28)9-20(19)26(29)30/h1-7,9,11,13-14,23H,8,12H2/b22-11-. The van der Waals surface area contributed by atoms with Crippen molar-refractivity contribution in [2.24, 2.45) is 5.10 Å². The molecule has 0 saturated carbocycles. The van der Waals surface area contributed by atoms with Gasteiger partial charge in [0.25, 0.3) is 5.69 Å². The Hall–Kier alpha value is -4.52. The number of hydrogen-bond acceptors (Lipinski definition) is 8. The molecule has 0 bridgehead atoms. The Kier molecular flexibility index (Phi) is 6.14. The lowest BCUT2D eigenvalue weighted by atomic mass is 10.1. The second-order valence-electron chi connectivity index (χ2n) is 6.39. The van der Waals surface area contributed by atoms with E-state index in [0.29, 0.717) is 18.5 Å². The molecular formula is C20H16N6O4. The van der Waals surface area contributed by atoms with E-state index >= 15 is 0 Å². The molecule has 0 amide bonds. The summed E-state index contributed by atoms with van der Waals surface area (Å²) in [4.78, 5) is 22.5. The zero-order valence-electron chi connectivity index (χ0n) is 15.6. The van der Waals surface area contributed by atoms with Crippen LogP contribution in [0, 0.1) is 31.6 Å². The highest BCUT2D eigenvalue weighted by Gasteiger charge is 2.19. The number of nitriles is 1. The Balaban J connectivity index is 1.76. The first-order chi connectivity index (χ1) is 14.5. The number of benzene rings is 2. The minimum absolute atomic E-state index is 0.0236. The molecule has 0 atom stereocenters. The van der Waals surface area contributed by atoms with Crippen LogP contribution in [0.5, 0.6) is 0 Å². The molecule has 0 radical (unpaired) electrons. The van der Waals surface area contributed by atoms with Crippen LogP contribution in [-0.2, 0) is 6.54 Å². The van der Waals surface area contributed by atoms with Gasteiger partial charge < -0.3 is 4.90 Å². The molecule has 2 aromatic carbocycles. The van der Waals surface area contributed by atoms with Gasteiger partial charge in [0.05, 0.1) is 33.8 Å². The fourth-order valence-corrected chi connectivity index (χ4v) is 2.86. The van der Waals surface area contributed by atoms with Gasteiger partial charge in [0.15, 0.2) is 0 Å². The molecule has 0 saturated heterocycles. The van der Waals surface area contributed by atoms with Crippen molar-refractivity contribution < 1.29 is 9.85 Å². The molecule has 0 aliphatic carbocycles. The SMILES string of the molecule is N#CC1=CN(Cc2ccccc2)C=C(/C=N\Nc2ccc([N+](=O)[O-])cc2[N+](=O)[O-])C1. The average molecular weight is 404 g/mol. The normalized spacial score (nSPS) is 13.4. The Morgan fingerprint density at radius 1 is 1.13 bits per heavy atom. The van der Waals surface area contributed by atoms with Gasteiger partial charge in [0.1, 0.15) is 5.69 Å². The maximum atomic E-state index is 11.2. The Morgan fingerprint density at radius 2 is 1.90 bits per heavy atom. The van der Waals surface area contributed by atoms with Gasteiger partial charge in [0.2, 0.25) is 0 Å². The number of anilines is 1. The Labute approximate surface area is 171 Å². The lowest BCUT2D eigenvalue weighted by molar-refractivity contribution is -0.393. The molecule has 30 heavy (non-hydrogen) atoms. The van der Waals surface area contributed by atoms with Crippen LogP contribution in [0.2, 0.25) is 0 Å². The first-order valence-electron chi connectivity index (χ1n) is 8.79. The van der Waals surface area contributed by atoms with E-state index in [9.17, 15) is 25.5 Å². The van der Waals surface area contributed by atoms with E-state index in [1.807, 2.05) is 41.4 Å². The van der Waals surface area contributed by atoms with Crippen LogP contribution in [0.25, 0.3) is 0 Å². The van der Waals surface area contributed by atoms with E-state index in [1.54, 1.807) is 6.20 Å². The highest BCUT2D eigenvalue weighted by atomic mass is 16.6. The van der Waals surface area contributed by atoms with Gasteiger partial charge in [-0.15, -0.1) is 0 Å². The van der Waals surface area contributed by atoms with Gasteiger partial charge in [-0.25, -0.2) is 0 Å². The van der Waals surface area contributed by atoms with Crippen LogP contribution in [-0.4, -0.2) is 21.0 Å². The maximum Gasteiger partial charge on any atom is 0.301 e. The number of nitro groups is 2. The fraction of sp³-hybridized carbons (Fsp3) is 0.100. The van der Waals surface area contributed by atoms with Crippen molar-refractivity contribution in [3.05, 3.63) is 97.9 Å². The van der Waals surface area contributed by atoms with Gasteiger partial charge >= 0.3 is 5.69 Å². The van der Waals surface area contributed by atoms with Gasteiger partial charge in [-0.1, -0.05) is 30.3 Å². The van der Waals surface area contributed by atoms with E-state index in [-0.39, 0.29) is 11.4 Å². The predicted molar refractivity (Wildman–Crippen MR) is 110 cm³/mol. The Morgan fingerprint density at radius 3 is 2.57 bits per heavy atom. The van der Waals surface area contributed by atoms with Crippen molar-refractivity contribution in [3.63, 3.8) is 0 Å². The van der Waals surface area contributed by atoms with Crippen molar-refractivity contribution in [2.75, 3.05) is 5.43 Å². The number of hydrazone groups is 1. The molecule has 1 N–H and O–H groups in total. The van der Waals surface area contributed by atoms with Crippen molar-refractivity contribution in [1.29, 1.82) is 5.26 Å². The summed E-state index contributed by atoms with van der Waals surface area (Å²) in [5, 5.41) is 35.3. The maximum absolute atomic E-state index is 11.2. The summed E-state index contributed by atoms with van der Waals surface area (Å²) in [6.45, 7) is 0.574. The minimum Gasteiger partial charge on any atom is -0.349 e. The predicted octanol–water partition coefficient (Wildman–Crippen LogP) is 4.10. The fourth-order valence-electron chi connectivity index (χ4n) is 2.86. The molecule has 10 nitrogen and oxygen atoms in total. The first-order valence-corrected chi connectivity index (χ1v) is 8.79. The lowest BCUT2D eigenvalue weighted by Gasteiger charge is -2.21. The Bertz CT molecular complexity index is 1100. The third-order valence-electron chi connectivity index (χ3n) is 4.20. The summed E-state index contributed by atoms with van der Waals surface area (Å²) >= 11 is 0. The van der Waals surface area contributed by atoms with E-state index in [1.165, 1.54) is 12.3 Å². The zero-order chi connectivity index (χ0) is 21.5. The minimum atomic E-state index is -0.719. The third-order valence-corrected chi connectivity index (χ3v) is 4.20. The molecule has 1 aliphatic rings. The molecule has 0 aromatic heterocycles. The summed E-state index contributed by atoms with van der Waals surface area (Å²) in [5.74, 6) is 0. The molecule has 0 spiro atoms. The van der Waals surface area contributed by atoms with E-state index in [4.69, 9.17) is 0 Å². The molecule has 0 unspecified atom stereocenters. The lowest BCUT2D eigenvalue weighted by Crippen LogP contribution is -2.15. The number of nitrogens with one attached hydrogen (secondary N) is 1. The van der Waals surface area contributed by atoms with Gasteiger partial charge in [-0.2, -0.15) is 10.4 Å². The summed E-state index contributed by atoms with van der Waals surface area (Å²) in [7, 11) is 0. The number of allylic oxidation sites excluding steroid dienone is 2. The highest BCUT2D eigenvalue weighted by molar-refractivity contribution is 5.81. The molecular weight excluding hydrogens is 388 g/mol. The van der Waals surface area contributed by atoms with Crippen LogP contribution < -0.4 is 5.43 Å². The number of nitro benzene ring substituents is 2. The monoisotopic (exact) mass is 404 g/mol. The van der Waals surface area contributed by atoms with E-state index < -0.39 is 15.5 Å². The molecule has 1 heterocycles. The van der Waals surface area contributed by atoms with Crippen molar-refractivity contribution >= 4 is 23.3 Å². The van der Waals surface area contributed by atoms with Crippen molar-refractivity contribution in [1.82, 2.24) is 4.90 Å². The summed E-state index contributed by atoms with van der Waals surface area (Å²) in [6, 6.07) is 15.1. The number of non-ortho nitro benzene ring substituents is 1. The van der Waals surface area contributed by atoms with Gasteiger partial charge in [-0.05, 0) is 17.2 Å². The quantitative estimate of drug-likeness (QED) is 0.416. The smallest absolute Gasteiger partial charge is 0.301 e. The second kappa shape index (κ2) is 9.11. The van der Waals surface area contributed by atoms with Crippen LogP contribution >= 0.6 is 0 Å². The summed E-state index contributed by atoms with van der Waals surface area (Å²) in [5.41, 5.74) is 4.08. The van der Waals surface area contributed by atoms with Crippen LogP contribution in [0.15, 0.2) is 77.2 Å². The summed E-state index contributed by atoms with van der Waals surface area (Å²) < 4.78 is 0. The van der Waals surface area contributed by atoms with Gasteiger partial charge in [-0.3, -0.25) is 25.7 Å². The molecule has 1 aliphatic heterocycles. The largest absolute Gasteiger partial charge is 0.349 e. The highest BCUT2D eigenvalue weighted by Crippen LogP contribution is 2.29. The van der Waals surface area contributed by atoms with Crippen LogP contribution in [0.3, 0.4) is 0 Å². The molecule has 10 heteroatoms. The average Bonchev–Trinajstić information content (AvgIpc) is 2.74. The number of rotatable bonds is 7. The van der Waals surface area contributed by atoms with E-state index in [2.05, 4.69) is 16.6 Å². The third kappa shape index (κ3) is 5.05. The summed E-state index contributed by atoms with van der Waals surface area (Å²) in [6.07, 6.45) is 5.44. The zero-order valence-corrected chi connectivity index (χ0v) is 15.6. The van der Waals surface area contributed by atoms with Crippen molar-refractivity contribution in [3.8, 4) is 6.07 Å². The number of nitrogens with zero attached hydrogens (tertiary/aromatic N) is 5. The van der Waals surface area contributed by atoms with Crippen molar-refractivity contribution in [2.45, 2.75) is 13.0 Å². The molecule has 0 fully saturated rings. The van der Waals surface area contributed by atoms with E-state index in [0.717, 1.165) is 23.3 Å². The van der Waals surface area contributed by atoms with Gasteiger partial charge in [0, 0.05) is 31.4 Å². The molecule has 3 rings (SSSR count). The topological polar surface area (TPSA) is 138 Å². The molecule has 150 valence electrons. The first kappa shape index (κ1) is 20.2. The molecule has 2 aromatic rings. The number of hydrogen-bond donors (Lipinski definition) is 1.